The number of hydrogen-bond donors (Lipinski definition) is 1. The van der Waals surface area contributed by atoms with Crippen LogP contribution in [0.2, 0.25) is 0 Å². The highest BCUT2D eigenvalue weighted by molar-refractivity contribution is 5.91. The Balaban J connectivity index is 1.77. The fraction of sp³-hybridized carbons (Fsp3) is 0.619. The van der Waals surface area contributed by atoms with Crippen LogP contribution in [0.4, 0.5) is 0 Å². The van der Waals surface area contributed by atoms with Crippen LogP contribution in [-0.4, -0.2) is 30.3 Å². The highest BCUT2D eigenvalue weighted by Gasteiger charge is 2.67. The smallest absolute Gasteiger partial charge is 0.334 e. The van der Waals surface area contributed by atoms with Gasteiger partial charge in [0, 0.05) is 16.6 Å². The Bertz CT molecular complexity index is 781. The van der Waals surface area contributed by atoms with E-state index in [0.29, 0.717) is 24.0 Å². The fourth-order valence-electron chi connectivity index (χ4n) is 5.94. The normalized spacial score (nSPS) is 38.6. The first-order valence-corrected chi connectivity index (χ1v) is 9.52. The third-order valence-corrected chi connectivity index (χ3v) is 7.33. The Labute approximate surface area is 158 Å². The van der Waals surface area contributed by atoms with E-state index in [1.165, 1.54) is 19.6 Å². The van der Waals surface area contributed by atoms with Gasteiger partial charge in [0.1, 0.15) is 6.10 Å². The summed E-state index contributed by atoms with van der Waals surface area (Å²) in [5.41, 5.74) is 0.191. The third kappa shape index (κ3) is 2.49. The predicted molar refractivity (Wildman–Crippen MR) is 95.3 cm³/mol. The molecule has 146 valence electrons. The number of allylic oxidation sites excluding steroid dienone is 1. The van der Waals surface area contributed by atoms with Crippen molar-refractivity contribution in [3.63, 3.8) is 0 Å². The van der Waals surface area contributed by atoms with Crippen LogP contribution in [0.1, 0.15) is 51.2 Å². The number of ether oxygens (including phenoxy) is 2. The van der Waals surface area contributed by atoms with Gasteiger partial charge in [0.15, 0.2) is 0 Å². The molecule has 0 aromatic carbocycles. The van der Waals surface area contributed by atoms with E-state index in [2.05, 4.69) is 6.92 Å². The summed E-state index contributed by atoms with van der Waals surface area (Å²) in [7, 11) is 1.38. The topological polar surface area (TPSA) is 86.0 Å². The van der Waals surface area contributed by atoms with Gasteiger partial charge in [0.2, 0.25) is 0 Å². The van der Waals surface area contributed by atoms with Crippen molar-refractivity contribution in [2.75, 3.05) is 7.11 Å². The monoisotopic (exact) mass is 374 g/mol. The molecule has 4 rings (SSSR count). The van der Waals surface area contributed by atoms with Crippen molar-refractivity contribution in [3.8, 4) is 0 Å². The molecule has 2 bridgehead atoms. The third-order valence-electron chi connectivity index (χ3n) is 7.33. The number of hydrogen-bond acceptors (Lipinski definition) is 6. The minimum atomic E-state index is -0.740. The van der Waals surface area contributed by atoms with Crippen LogP contribution in [0.5, 0.6) is 0 Å². The molecule has 1 aromatic heterocycles. The van der Waals surface area contributed by atoms with Crippen LogP contribution in [-0.2, 0) is 19.1 Å². The van der Waals surface area contributed by atoms with Gasteiger partial charge < -0.3 is 19.0 Å². The molecular formula is C21H26O6. The molecule has 2 fully saturated rings. The molecule has 6 heteroatoms. The van der Waals surface area contributed by atoms with E-state index in [4.69, 9.17) is 13.9 Å². The van der Waals surface area contributed by atoms with Crippen molar-refractivity contribution in [2.45, 2.75) is 51.7 Å². The summed E-state index contributed by atoms with van der Waals surface area (Å²) < 4.78 is 15.9. The number of esters is 2. The van der Waals surface area contributed by atoms with Crippen LogP contribution in [0.15, 0.2) is 34.7 Å². The van der Waals surface area contributed by atoms with E-state index in [-0.39, 0.29) is 29.9 Å². The van der Waals surface area contributed by atoms with Gasteiger partial charge in [-0.25, -0.2) is 4.79 Å². The second kappa shape index (κ2) is 6.23. The van der Waals surface area contributed by atoms with E-state index < -0.39 is 16.9 Å². The van der Waals surface area contributed by atoms with Gasteiger partial charge in [-0.1, -0.05) is 19.9 Å². The van der Waals surface area contributed by atoms with Crippen LogP contribution in [0.3, 0.4) is 0 Å². The largest absolute Gasteiger partial charge is 0.472 e. The summed E-state index contributed by atoms with van der Waals surface area (Å²) in [6.45, 7) is 4.08. The molecule has 0 unspecified atom stereocenters. The number of fused-ring (bicyclic) bond motifs is 4. The molecule has 0 radical (unpaired) electrons. The average molecular weight is 374 g/mol. The Morgan fingerprint density at radius 3 is 2.89 bits per heavy atom. The minimum absolute atomic E-state index is 0.0286. The first-order chi connectivity index (χ1) is 12.8. The number of rotatable bonds is 4. The predicted octanol–water partition coefficient (Wildman–Crippen LogP) is 3.17. The quantitative estimate of drug-likeness (QED) is 0.815. The Morgan fingerprint density at radius 1 is 1.44 bits per heavy atom. The van der Waals surface area contributed by atoms with Crippen molar-refractivity contribution in [2.24, 2.45) is 22.7 Å². The van der Waals surface area contributed by atoms with E-state index in [9.17, 15) is 14.7 Å². The molecule has 3 aliphatic rings. The number of aliphatic hydroxyl groups is 1. The summed E-state index contributed by atoms with van der Waals surface area (Å²) in [6, 6.07) is 1.74. The van der Waals surface area contributed by atoms with Gasteiger partial charge in [-0.3, -0.25) is 4.79 Å². The van der Waals surface area contributed by atoms with Crippen molar-refractivity contribution in [1.29, 1.82) is 0 Å². The molecule has 27 heavy (non-hydrogen) atoms. The molecule has 2 heterocycles. The molecule has 0 spiro atoms. The molecule has 0 amide bonds. The number of aliphatic hydroxyl groups excluding tert-OH is 1. The number of furan rings is 1. The van der Waals surface area contributed by atoms with Gasteiger partial charge >= 0.3 is 11.9 Å². The van der Waals surface area contributed by atoms with Crippen LogP contribution in [0, 0.1) is 22.7 Å². The number of carbonyl (C=O) groups excluding carboxylic acids is 2. The van der Waals surface area contributed by atoms with Crippen molar-refractivity contribution >= 4 is 11.9 Å². The summed E-state index contributed by atoms with van der Waals surface area (Å²) in [5, 5.41) is 10.8. The zero-order valence-corrected chi connectivity index (χ0v) is 15.9. The van der Waals surface area contributed by atoms with E-state index in [1.54, 1.807) is 6.07 Å². The maximum atomic E-state index is 12.7. The zero-order valence-electron chi connectivity index (χ0n) is 15.9. The van der Waals surface area contributed by atoms with E-state index >= 15 is 0 Å². The Kier molecular flexibility index (Phi) is 4.22. The lowest BCUT2D eigenvalue weighted by Crippen LogP contribution is -2.56. The molecule has 1 aliphatic heterocycles. The lowest BCUT2D eigenvalue weighted by molar-refractivity contribution is -0.148. The second-order valence-electron chi connectivity index (χ2n) is 8.52. The summed E-state index contributed by atoms with van der Waals surface area (Å²) >= 11 is 0. The molecule has 2 aliphatic carbocycles. The van der Waals surface area contributed by atoms with E-state index in [0.717, 1.165) is 12.8 Å². The van der Waals surface area contributed by atoms with Gasteiger partial charge in [0.25, 0.3) is 0 Å². The van der Waals surface area contributed by atoms with Crippen LogP contribution < -0.4 is 0 Å². The first kappa shape index (κ1) is 18.3. The lowest BCUT2D eigenvalue weighted by atomic mass is 9.46. The number of methoxy groups -OCH3 is 1. The maximum Gasteiger partial charge on any atom is 0.334 e. The lowest BCUT2D eigenvalue weighted by Gasteiger charge is -2.56. The zero-order chi connectivity index (χ0) is 19.4. The van der Waals surface area contributed by atoms with Crippen molar-refractivity contribution < 1.29 is 28.6 Å². The molecular weight excluding hydrogens is 348 g/mol. The van der Waals surface area contributed by atoms with Crippen LogP contribution in [0.25, 0.3) is 0 Å². The second-order valence-corrected chi connectivity index (χ2v) is 8.52. The van der Waals surface area contributed by atoms with E-state index in [1.807, 2.05) is 13.0 Å². The number of carbonyl (C=O) groups is 2. The van der Waals surface area contributed by atoms with Gasteiger partial charge in [-0.15, -0.1) is 0 Å². The molecule has 1 N–H and O–H groups in total. The van der Waals surface area contributed by atoms with Crippen LogP contribution >= 0.6 is 0 Å². The van der Waals surface area contributed by atoms with Gasteiger partial charge in [0.05, 0.1) is 31.7 Å². The Morgan fingerprint density at radius 2 is 2.22 bits per heavy atom. The van der Waals surface area contributed by atoms with Gasteiger partial charge in [-0.05, 0) is 43.1 Å². The standard InChI is InChI=1S/C21H26O6/c1-20(10-15(22)12-7-8-26-11-12)14-9-17(27-19(14)24)21(2)13(18(23)25-3)5-4-6-16(20)21/h5,7-8,11,14-17,22H,4,6,9-10H2,1-3H3/t14-,15+,16+,17-,20+,21+/m1/s1. The molecule has 1 saturated carbocycles. The van der Waals surface area contributed by atoms with Crippen molar-refractivity contribution in [1.82, 2.24) is 0 Å². The molecule has 1 aromatic rings. The Hall–Kier alpha value is -2.08. The SMILES string of the molecule is COC(=O)C1=CCC[C@H]2[C@@](C)(C[C@H](O)c3ccoc3)[C@@H]3C[C@@H](OC3=O)[C@@]12C. The van der Waals surface area contributed by atoms with Crippen molar-refractivity contribution in [3.05, 3.63) is 35.8 Å². The summed E-state index contributed by atoms with van der Waals surface area (Å²) in [4.78, 5) is 25.2. The fourth-order valence-corrected chi connectivity index (χ4v) is 5.94. The maximum absolute atomic E-state index is 12.7. The summed E-state index contributed by atoms with van der Waals surface area (Å²) in [5.74, 6) is -0.831. The van der Waals surface area contributed by atoms with Gasteiger partial charge in [-0.2, -0.15) is 0 Å². The first-order valence-electron chi connectivity index (χ1n) is 9.52. The highest BCUT2D eigenvalue weighted by Crippen LogP contribution is 2.66. The highest BCUT2D eigenvalue weighted by atomic mass is 16.6. The molecule has 6 atom stereocenters. The minimum Gasteiger partial charge on any atom is -0.472 e. The molecule has 1 saturated heterocycles. The molecule has 6 nitrogen and oxygen atoms in total. The summed E-state index contributed by atoms with van der Waals surface area (Å²) in [6.07, 6.45) is 6.49. The average Bonchev–Trinajstić information content (AvgIpc) is 3.29.